The first-order valence-corrected chi connectivity index (χ1v) is 7.18. The molecule has 0 aromatic heterocycles. The molecule has 108 valence electrons. The number of nitrogens with zero attached hydrogens (tertiary/aromatic N) is 2. The number of hydrogen-bond donors (Lipinski definition) is 1. The highest BCUT2D eigenvalue weighted by molar-refractivity contribution is 5.77. The molecular formula is C14H24N2O3. The zero-order chi connectivity index (χ0) is 14.2. The minimum atomic E-state index is -0.788. The van der Waals surface area contributed by atoms with Crippen LogP contribution >= 0.6 is 0 Å². The molecule has 5 nitrogen and oxygen atoms in total. The molecule has 0 radical (unpaired) electrons. The van der Waals surface area contributed by atoms with Crippen LogP contribution in [0.15, 0.2) is 0 Å². The van der Waals surface area contributed by atoms with E-state index < -0.39 is 5.97 Å². The average molecular weight is 268 g/mol. The van der Waals surface area contributed by atoms with E-state index in [1.807, 2.05) is 4.90 Å². The number of aliphatic carboxylic acids is 1. The molecule has 1 N–H and O–H groups in total. The molecule has 2 aliphatic rings. The van der Waals surface area contributed by atoms with E-state index in [-0.39, 0.29) is 18.0 Å². The number of carbonyl (C=O) groups is 2. The quantitative estimate of drug-likeness (QED) is 0.790. The molecule has 0 aliphatic carbocycles. The summed E-state index contributed by atoms with van der Waals surface area (Å²) in [7, 11) is 0. The molecule has 19 heavy (non-hydrogen) atoms. The summed E-state index contributed by atoms with van der Waals surface area (Å²) < 4.78 is 0. The van der Waals surface area contributed by atoms with Crippen LogP contribution in [0, 0.1) is 17.8 Å². The molecule has 2 heterocycles. The van der Waals surface area contributed by atoms with Gasteiger partial charge in [-0.15, -0.1) is 0 Å². The second kappa shape index (κ2) is 5.39. The second-order valence-corrected chi connectivity index (χ2v) is 6.26. The van der Waals surface area contributed by atoms with E-state index in [9.17, 15) is 9.59 Å². The van der Waals surface area contributed by atoms with Gasteiger partial charge < -0.3 is 14.9 Å². The van der Waals surface area contributed by atoms with Crippen LogP contribution < -0.4 is 0 Å². The SMILES string of the molecule is CC1CC(C)C(C)N(C(=O)N2CCC(C(=O)O)C2)C1. The number of carboxylic acid groups (broad SMARTS) is 1. The number of likely N-dealkylation sites (tertiary alicyclic amines) is 2. The van der Waals surface area contributed by atoms with Crippen molar-refractivity contribution in [1.29, 1.82) is 0 Å². The van der Waals surface area contributed by atoms with Gasteiger partial charge in [0.1, 0.15) is 0 Å². The average Bonchev–Trinajstić information content (AvgIpc) is 2.82. The molecule has 2 fully saturated rings. The molecule has 0 aromatic carbocycles. The fraction of sp³-hybridized carbons (Fsp3) is 0.857. The zero-order valence-electron chi connectivity index (χ0n) is 12.0. The smallest absolute Gasteiger partial charge is 0.320 e. The summed E-state index contributed by atoms with van der Waals surface area (Å²) in [6, 6.07) is 0.266. The van der Waals surface area contributed by atoms with Crippen molar-refractivity contribution < 1.29 is 14.7 Å². The fourth-order valence-corrected chi connectivity index (χ4v) is 3.28. The molecule has 2 rings (SSSR count). The molecule has 4 atom stereocenters. The monoisotopic (exact) mass is 268 g/mol. The van der Waals surface area contributed by atoms with Crippen molar-refractivity contribution in [1.82, 2.24) is 9.80 Å². The van der Waals surface area contributed by atoms with Gasteiger partial charge in [-0.3, -0.25) is 4.79 Å². The lowest BCUT2D eigenvalue weighted by atomic mass is 9.86. The van der Waals surface area contributed by atoms with E-state index in [1.54, 1.807) is 4.90 Å². The van der Waals surface area contributed by atoms with Crippen LogP contribution in [0.2, 0.25) is 0 Å². The largest absolute Gasteiger partial charge is 0.481 e. The third-order valence-electron chi connectivity index (χ3n) is 4.65. The van der Waals surface area contributed by atoms with Crippen LogP contribution in [0.1, 0.15) is 33.6 Å². The summed E-state index contributed by atoms with van der Waals surface area (Å²) in [5.41, 5.74) is 0. The Bertz CT molecular complexity index is 372. The van der Waals surface area contributed by atoms with Crippen molar-refractivity contribution in [2.24, 2.45) is 17.8 Å². The lowest BCUT2D eigenvalue weighted by Gasteiger charge is -2.42. The maximum Gasteiger partial charge on any atom is 0.320 e. The van der Waals surface area contributed by atoms with Gasteiger partial charge in [-0.25, -0.2) is 4.79 Å². The Hall–Kier alpha value is -1.26. The molecule has 2 amide bonds. The van der Waals surface area contributed by atoms with E-state index in [0.29, 0.717) is 31.3 Å². The van der Waals surface area contributed by atoms with Crippen molar-refractivity contribution >= 4 is 12.0 Å². The fourth-order valence-electron chi connectivity index (χ4n) is 3.28. The summed E-state index contributed by atoms with van der Waals surface area (Å²) >= 11 is 0. The summed E-state index contributed by atoms with van der Waals surface area (Å²) in [6.07, 6.45) is 1.73. The molecule has 4 unspecified atom stereocenters. The number of amides is 2. The Morgan fingerprint density at radius 3 is 2.42 bits per heavy atom. The van der Waals surface area contributed by atoms with Crippen LogP contribution in [0.5, 0.6) is 0 Å². The van der Waals surface area contributed by atoms with Gasteiger partial charge >= 0.3 is 12.0 Å². The van der Waals surface area contributed by atoms with Gasteiger partial charge in [-0.2, -0.15) is 0 Å². The van der Waals surface area contributed by atoms with E-state index in [4.69, 9.17) is 5.11 Å². The van der Waals surface area contributed by atoms with Crippen LogP contribution in [0.25, 0.3) is 0 Å². The van der Waals surface area contributed by atoms with E-state index in [2.05, 4.69) is 20.8 Å². The van der Waals surface area contributed by atoms with Gasteiger partial charge in [0.2, 0.25) is 0 Å². The Kier molecular flexibility index (Phi) is 4.02. The Morgan fingerprint density at radius 2 is 1.84 bits per heavy atom. The van der Waals surface area contributed by atoms with Crippen molar-refractivity contribution in [3.05, 3.63) is 0 Å². The van der Waals surface area contributed by atoms with Crippen molar-refractivity contribution in [2.45, 2.75) is 39.7 Å². The summed E-state index contributed by atoms with van der Waals surface area (Å²) in [5.74, 6) is -0.152. The van der Waals surface area contributed by atoms with Gasteiger partial charge in [0.25, 0.3) is 0 Å². The van der Waals surface area contributed by atoms with Gasteiger partial charge in [-0.1, -0.05) is 13.8 Å². The third-order valence-corrected chi connectivity index (χ3v) is 4.65. The van der Waals surface area contributed by atoms with Crippen LogP contribution in [-0.4, -0.2) is 52.6 Å². The summed E-state index contributed by atoms with van der Waals surface area (Å²) in [4.78, 5) is 27.1. The maximum atomic E-state index is 12.5. The van der Waals surface area contributed by atoms with Crippen LogP contribution in [0.4, 0.5) is 4.79 Å². The Balaban J connectivity index is 2.01. The number of carbonyl (C=O) groups excluding carboxylic acids is 1. The number of hydrogen-bond acceptors (Lipinski definition) is 2. The third kappa shape index (κ3) is 2.85. The summed E-state index contributed by atoms with van der Waals surface area (Å²) in [5, 5.41) is 9.01. The van der Waals surface area contributed by atoms with Crippen molar-refractivity contribution in [3.63, 3.8) is 0 Å². The molecule has 2 aliphatic heterocycles. The molecule has 5 heteroatoms. The van der Waals surface area contributed by atoms with Gasteiger partial charge in [0, 0.05) is 25.7 Å². The first kappa shape index (κ1) is 14.2. The van der Waals surface area contributed by atoms with E-state index in [1.165, 1.54) is 0 Å². The first-order chi connectivity index (χ1) is 8.90. The zero-order valence-corrected chi connectivity index (χ0v) is 12.0. The number of urea groups is 1. The lowest BCUT2D eigenvalue weighted by Crippen LogP contribution is -2.53. The maximum absolute atomic E-state index is 12.5. The van der Waals surface area contributed by atoms with E-state index >= 15 is 0 Å². The molecule has 0 saturated carbocycles. The predicted molar refractivity (Wildman–Crippen MR) is 71.8 cm³/mol. The molecule has 0 bridgehead atoms. The van der Waals surface area contributed by atoms with Crippen LogP contribution in [0.3, 0.4) is 0 Å². The summed E-state index contributed by atoms with van der Waals surface area (Å²) in [6.45, 7) is 8.18. The highest BCUT2D eigenvalue weighted by Gasteiger charge is 2.37. The molecule has 0 aromatic rings. The number of rotatable bonds is 1. The number of piperidine rings is 1. The molecular weight excluding hydrogens is 244 g/mol. The minimum absolute atomic E-state index is 0.0228. The molecule has 2 saturated heterocycles. The molecule has 0 spiro atoms. The lowest BCUT2D eigenvalue weighted by molar-refractivity contribution is -0.141. The first-order valence-electron chi connectivity index (χ1n) is 7.18. The van der Waals surface area contributed by atoms with Crippen molar-refractivity contribution in [2.75, 3.05) is 19.6 Å². The standard InChI is InChI=1S/C14H24N2O3/c1-9-6-10(2)11(3)16(7-9)14(19)15-5-4-12(8-15)13(17)18/h9-12H,4-8H2,1-3H3,(H,17,18). The highest BCUT2D eigenvalue weighted by atomic mass is 16.4. The second-order valence-electron chi connectivity index (χ2n) is 6.26. The van der Waals surface area contributed by atoms with Crippen LogP contribution in [-0.2, 0) is 4.79 Å². The van der Waals surface area contributed by atoms with Gasteiger partial charge in [0.05, 0.1) is 5.92 Å². The normalized spacial score (nSPS) is 35.5. The number of carboxylic acids is 1. The Morgan fingerprint density at radius 1 is 1.16 bits per heavy atom. The highest BCUT2D eigenvalue weighted by Crippen LogP contribution is 2.29. The predicted octanol–water partition coefficient (Wildman–Crippen LogP) is 1.88. The topological polar surface area (TPSA) is 60.9 Å². The van der Waals surface area contributed by atoms with Gasteiger partial charge in [0.15, 0.2) is 0 Å². The minimum Gasteiger partial charge on any atom is -0.481 e. The Labute approximate surface area is 114 Å². The van der Waals surface area contributed by atoms with Crippen molar-refractivity contribution in [3.8, 4) is 0 Å². The van der Waals surface area contributed by atoms with E-state index in [0.717, 1.165) is 13.0 Å². The van der Waals surface area contributed by atoms with Gasteiger partial charge in [-0.05, 0) is 31.6 Å².